The third-order valence-electron chi connectivity index (χ3n) is 2.71. The van der Waals surface area contributed by atoms with Gasteiger partial charge >= 0.3 is 11.9 Å². The molecule has 0 aromatic heterocycles. The van der Waals surface area contributed by atoms with E-state index in [0.717, 1.165) is 12.8 Å². The van der Waals surface area contributed by atoms with E-state index in [4.69, 9.17) is 0 Å². The van der Waals surface area contributed by atoms with E-state index in [1.54, 1.807) is 6.08 Å². The van der Waals surface area contributed by atoms with Gasteiger partial charge in [0.1, 0.15) is 0 Å². The van der Waals surface area contributed by atoms with Gasteiger partial charge in [-0.2, -0.15) is 0 Å². The van der Waals surface area contributed by atoms with E-state index in [0.29, 0.717) is 19.3 Å². The summed E-state index contributed by atoms with van der Waals surface area (Å²) in [5.41, 5.74) is -0.482. The Morgan fingerprint density at radius 3 is 2.67 bits per heavy atom. The van der Waals surface area contributed by atoms with Gasteiger partial charge in [0.05, 0.1) is 5.41 Å². The molecule has 0 saturated carbocycles. The van der Waals surface area contributed by atoms with Crippen LogP contribution in [-0.4, -0.2) is 22.9 Å². The van der Waals surface area contributed by atoms with Crippen molar-refractivity contribution in [3.8, 4) is 0 Å². The average Bonchev–Trinajstić information content (AvgIpc) is 2.13. The first-order chi connectivity index (χ1) is 6.64. The molecule has 0 aromatic rings. The van der Waals surface area contributed by atoms with E-state index in [1.165, 1.54) is 0 Å². The summed E-state index contributed by atoms with van der Waals surface area (Å²) in [4.78, 5) is 22.5. The number of hydrogen-bond donors (Lipinski definition) is 0. The molecule has 0 aliphatic carbocycles. The zero-order valence-electron chi connectivity index (χ0n) is 8.54. The molecule has 1 aliphatic heterocycles. The number of hydrogen-bond acceptors (Lipinski definition) is 3. The van der Waals surface area contributed by atoms with Crippen molar-refractivity contribution in [2.24, 2.45) is 5.41 Å². The molecule has 0 radical (unpaired) electrons. The predicted octanol–water partition coefficient (Wildman–Crippen LogP) is 0.761. The monoisotopic (exact) mass is 228 g/mol. The molecule has 1 fully saturated rings. The van der Waals surface area contributed by atoms with Crippen molar-refractivity contribution >= 4 is 22.9 Å². The Bertz CT molecular complexity index is 263. The standard InChI is InChI=1S/C11H16O3.H4Si/c1-3-6-11(7-4-2)8-5-9(12)14-10(11)13;/h3H,1,4-8H2,2H3;1H4. The van der Waals surface area contributed by atoms with E-state index in [9.17, 15) is 9.59 Å². The summed E-state index contributed by atoms with van der Waals surface area (Å²) in [6.45, 7) is 5.67. The largest absolute Gasteiger partial charge is 0.393 e. The minimum atomic E-state index is -0.482. The van der Waals surface area contributed by atoms with Crippen molar-refractivity contribution in [3.63, 3.8) is 0 Å². The molecule has 3 nitrogen and oxygen atoms in total. The maximum absolute atomic E-state index is 11.6. The summed E-state index contributed by atoms with van der Waals surface area (Å²) < 4.78 is 4.68. The highest BCUT2D eigenvalue weighted by Crippen LogP contribution is 2.38. The number of carbonyl (C=O) groups is 2. The molecule has 1 aliphatic rings. The quantitative estimate of drug-likeness (QED) is 0.309. The van der Waals surface area contributed by atoms with E-state index in [2.05, 4.69) is 11.3 Å². The van der Waals surface area contributed by atoms with Crippen LogP contribution in [0.2, 0.25) is 0 Å². The Morgan fingerprint density at radius 1 is 1.53 bits per heavy atom. The molecule has 0 amide bonds. The van der Waals surface area contributed by atoms with Crippen LogP contribution in [0.15, 0.2) is 12.7 Å². The molecule has 15 heavy (non-hydrogen) atoms. The number of cyclic esters (lactones) is 2. The van der Waals surface area contributed by atoms with Crippen LogP contribution < -0.4 is 0 Å². The van der Waals surface area contributed by atoms with Gasteiger partial charge in [0.2, 0.25) is 0 Å². The second-order valence-electron chi connectivity index (χ2n) is 3.78. The Labute approximate surface area is 94.9 Å². The summed E-state index contributed by atoms with van der Waals surface area (Å²) in [6.07, 6.45) is 4.96. The first-order valence-electron chi connectivity index (χ1n) is 5.00. The second-order valence-corrected chi connectivity index (χ2v) is 3.78. The zero-order valence-corrected chi connectivity index (χ0v) is 8.54. The maximum Gasteiger partial charge on any atom is 0.320 e. The van der Waals surface area contributed by atoms with Crippen molar-refractivity contribution in [2.45, 2.75) is 39.0 Å². The minimum absolute atomic E-state index is 0. The lowest BCUT2D eigenvalue weighted by atomic mass is 9.75. The van der Waals surface area contributed by atoms with E-state index < -0.39 is 11.4 Å². The molecule has 4 heteroatoms. The van der Waals surface area contributed by atoms with Gasteiger partial charge in [-0.1, -0.05) is 19.4 Å². The molecule has 1 heterocycles. The van der Waals surface area contributed by atoms with Crippen molar-refractivity contribution in [1.82, 2.24) is 0 Å². The summed E-state index contributed by atoms with van der Waals surface area (Å²) in [7, 11) is 0. The fraction of sp³-hybridized carbons (Fsp3) is 0.636. The molecule has 0 N–H and O–H groups in total. The molecule has 86 valence electrons. The Hall–Kier alpha value is -0.903. The van der Waals surface area contributed by atoms with E-state index in [1.807, 2.05) is 6.92 Å². The fourth-order valence-corrected chi connectivity index (χ4v) is 1.98. The lowest BCUT2D eigenvalue weighted by molar-refractivity contribution is -0.174. The number of allylic oxidation sites excluding steroid dienone is 1. The van der Waals surface area contributed by atoms with Gasteiger partial charge < -0.3 is 4.74 Å². The smallest absolute Gasteiger partial charge is 0.320 e. The maximum atomic E-state index is 11.6. The lowest BCUT2D eigenvalue weighted by Gasteiger charge is -2.32. The van der Waals surface area contributed by atoms with Crippen LogP contribution >= 0.6 is 0 Å². The topological polar surface area (TPSA) is 43.4 Å². The summed E-state index contributed by atoms with van der Waals surface area (Å²) in [5, 5.41) is 0. The van der Waals surface area contributed by atoms with Crippen LogP contribution in [-0.2, 0) is 14.3 Å². The molecule has 0 bridgehead atoms. The minimum Gasteiger partial charge on any atom is -0.393 e. The van der Waals surface area contributed by atoms with E-state index in [-0.39, 0.29) is 16.9 Å². The number of esters is 2. The number of rotatable bonds is 4. The summed E-state index contributed by atoms with van der Waals surface area (Å²) >= 11 is 0. The summed E-state index contributed by atoms with van der Waals surface area (Å²) in [5.74, 6) is -0.763. The zero-order chi connectivity index (χ0) is 10.6. The second kappa shape index (κ2) is 5.85. The molecule has 1 rings (SSSR count). The SMILES string of the molecule is C=CCC1(CCC)CCC(=O)OC1=O.[SiH4]. The Kier molecular flexibility index (Phi) is 5.50. The van der Waals surface area contributed by atoms with Crippen molar-refractivity contribution in [3.05, 3.63) is 12.7 Å². The van der Waals surface area contributed by atoms with Gasteiger partial charge in [0, 0.05) is 6.42 Å². The van der Waals surface area contributed by atoms with Crippen molar-refractivity contribution < 1.29 is 14.3 Å². The molecule has 1 saturated heterocycles. The Balaban J connectivity index is 0.00000196. The predicted molar refractivity (Wildman–Crippen MR) is 63.8 cm³/mol. The highest BCUT2D eigenvalue weighted by atomic mass is 28.1. The van der Waals surface area contributed by atoms with Gasteiger partial charge in [-0.05, 0) is 30.2 Å². The molecule has 0 spiro atoms. The molecule has 1 atom stereocenters. The van der Waals surface area contributed by atoms with Gasteiger partial charge in [-0.25, -0.2) is 0 Å². The van der Waals surface area contributed by atoms with Crippen LogP contribution in [0.3, 0.4) is 0 Å². The normalized spacial score (nSPS) is 25.4. The fourth-order valence-electron chi connectivity index (χ4n) is 1.98. The highest BCUT2D eigenvalue weighted by molar-refractivity contribution is 5.91. The number of carbonyl (C=O) groups excluding carboxylic acids is 2. The summed E-state index contributed by atoms with van der Waals surface area (Å²) in [6, 6.07) is 0. The van der Waals surface area contributed by atoms with Gasteiger partial charge in [-0.15, -0.1) is 6.58 Å². The van der Waals surface area contributed by atoms with Crippen molar-refractivity contribution in [2.75, 3.05) is 0 Å². The van der Waals surface area contributed by atoms with Crippen LogP contribution in [0.4, 0.5) is 0 Å². The molecular formula is C11H20O3Si. The van der Waals surface area contributed by atoms with Gasteiger partial charge in [0.25, 0.3) is 0 Å². The third kappa shape index (κ3) is 3.02. The average molecular weight is 228 g/mol. The first-order valence-corrected chi connectivity index (χ1v) is 5.00. The molecule has 0 aromatic carbocycles. The van der Waals surface area contributed by atoms with Crippen LogP contribution in [0.25, 0.3) is 0 Å². The van der Waals surface area contributed by atoms with Gasteiger partial charge in [0.15, 0.2) is 0 Å². The Morgan fingerprint density at radius 2 is 2.20 bits per heavy atom. The van der Waals surface area contributed by atoms with Crippen molar-refractivity contribution in [1.29, 1.82) is 0 Å². The molecular weight excluding hydrogens is 208 g/mol. The van der Waals surface area contributed by atoms with E-state index >= 15 is 0 Å². The van der Waals surface area contributed by atoms with Crippen LogP contribution in [0, 0.1) is 5.41 Å². The van der Waals surface area contributed by atoms with Crippen LogP contribution in [0.1, 0.15) is 39.0 Å². The number of ether oxygens (including phenoxy) is 1. The van der Waals surface area contributed by atoms with Crippen LogP contribution in [0.5, 0.6) is 0 Å². The third-order valence-corrected chi connectivity index (χ3v) is 2.71. The highest BCUT2D eigenvalue weighted by Gasteiger charge is 2.42. The van der Waals surface area contributed by atoms with Gasteiger partial charge in [-0.3, -0.25) is 9.59 Å². The lowest BCUT2D eigenvalue weighted by Crippen LogP contribution is -2.39. The molecule has 1 unspecified atom stereocenters. The first kappa shape index (κ1) is 14.1.